The molecule has 5 nitrogen and oxygen atoms in total. The summed E-state index contributed by atoms with van der Waals surface area (Å²) in [5.41, 5.74) is 9.18. The maximum absolute atomic E-state index is 12.1. The number of fused-ring (bicyclic) bond motifs is 1. The molecule has 2 N–H and O–H groups in total. The van der Waals surface area contributed by atoms with Gasteiger partial charge in [-0.1, -0.05) is 40.2 Å². The van der Waals surface area contributed by atoms with Crippen molar-refractivity contribution in [3.63, 3.8) is 0 Å². The zero-order valence-corrected chi connectivity index (χ0v) is 17.3. The summed E-state index contributed by atoms with van der Waals surface area (Å²) in [6.45, 7) is 6.30. The van der Waals surface area contributed by atoms with Crippen molar-refractivity contribution in [2.45, 2.75) is 39.4 Å². The smallest absolute Gasteiger partial charge is 0.235 e. The van der Waals surface area contributed by atoms with Crippen LogP contribution in [0.2, 0.25) is 0 Å². The second-order valence-corrected chi connectivity index (χ2v) is 7.41. The molecule has 2 aromatic carbocycles. The van der Waals surface area contributed by atoms with E-state index in [1.54, 1.807) is 0 Å². The van der Waals surface area contributed by atoms with E-state index in [-0.39, 0.29) is 11.9 Å². The molecule has 1 amide bonds. The molecule has 0 radical (unpaired) electrons. The van der Waals surface area contributed by atoms with Crippen LogP contribution in [0.3, 0.4) is 0 Å². The summed E-state index contributed by atoms with van der Waals surface area (Å²) in [5.74, 6) is 1.13. The summed E-state index contributed by atoms with van der Waals surface area (Å²) in [6.07, 6.45) is 0.637. The molecule has 0 saturated heterocycles. The van der Waals surface area contributed by atoms with Crippen molar-refractivity contribution in [1.82, 2.24) is 4.90 Å². The van der Waals surface area contributed by atoms with Crippen molar-refractivity contribution in [3.05, 3.63) is 57.6 Å². The molecule has 0 saturated carbocycles. The van der Waals surface area contributed by atoms with Gasteiger partial charge in [-0.3, -0.25) is 9.69 Å². The van der Waals surface area contributed by atoms with Crippen molar-refractivity contribution >= 4 is 21.8 Å². The number of nitrogens with two attached hydrogens (primary N) is 1. The molecule has 2 aromatic rings. The highest BCUT2D eigenvalue weighted by Crippen LogP contribution is 2.35. The largest absolute Gasteiger partial charge is 0.490 e. The monoisotopic (exact) mass is 432 g/mol. The average molecular weight is 433 g/mol. The van der Waals surface area contributed by atoms with Crippen molar-refractivity contribution in [2.75, 3.05) is 13.2 Å². The summed E-state index contributed by atoms with van der Waals surface area (Å²) < 4.78 is 12.4. The Hall–Kier alpha value is -2.05. The number of carbonyl (C=O) groups is 1. The zero-order chi connectivity index (χ0) is 19.4. The molecule has 27 heavy (non-hydrogen) atoms. The minimum absolute atomic E-state index is 0.295. The van der Waals surface area contributed by atoms with E-state index >= 15 is 0 Å². The third-order valence-electron chi connectivity index (χ3n) is 4.76. The van der Waals surface area contributed by atoms with Gasteiger partial charge in [0.2, 0.25) is 5.91 Å². The number of ether oxygens (including phenoxy) is 2. The Kier molecular flexibility index (Phi) is 6.39. The molecule has 6 heteroatoms. The Labute approximate surface area is 168 Å². The van der Waals surface area contributed by atoms with Crippen LogP contribution in [0.4, 0.5) is 0 Å². The first-order chi connectivity index (χ1) is 13.0. The molecule has 1 aliphatic rings. The first kappa shape index (κ1) is 19.7. The zero-order valence-electron chi connectivity index (χ0n) is 15.7. The molecule has 0 fully saturated rings. The Morgan fingerprint density at radius 3 is 2.41 bits per heavy atom. The fourth-order valence-corrected chi connectivity index (χ4v) is 3.93. The fourth-order valence-electron chi connectivity index (χ4n) is 3.48. The van der Waals surface area contributed by atoms with Crippen molar-refractivity contribution in [2.24, 2.45) is 5.73 Å². The van der Waals surface area contributed by atoms with E-state index in [1.807, 2.05) is 38.1 Å². The van der Waals surface area contributed by atoms with Gasteiger partial charge in [-0.2, -0.15) is 0 Å². The maximum atomic E-state index is 12.1. The Morgan fingerprint density at radius 1 is 1.15 bits per heavy atom. The van der Waals surface area contributed by atoms with Gasteiger partial charge >= 0.3 is 0 Å². The second-order valence-electron chi connectivity index (χ2n) is 6.55. The highest BCUT2D eigenvalue weighted by Gasteiger charge is 2.30. The van der Waals surface area contributed by atoms with E-state index < -0.39 is 0 Å². The molecular weight excluding hydrogens is 408 g/mol. The molecule has 0 aromatic heterocycles. The van der Waals surface area contributed by atoms with Crippen molar-refractivity contribution in [3.8, 4) is 11.5 Å². The highest BCUT2D eigenvalue weighted by atomic mass is 79.9. The van der Waals surface area contributed by atoms with Crippen LogP contribution in [0.5, 0.6) is 11.5 Å². The van der Waals surface area contributed by atoms with E-state index in [1.165, 1.54) is 11.1 Å². The predicted molar refractivity (Wildman–Crippen MR) is 109 cm³/mol. The Morgan fingerprint density at radius 2 is 1.78 bits per heavy atom. The maximum Gasteiger partial charge on any atom is 0.235 e. The van der Waals surface area contributed by atoms with Crippen LogP contribution in [0.15, 0.2) is 40.9 Å². The van der Waals surface area contributed by atoms with Crippen LogP contribution in [0.25, 0.3) is 0 Å². The third kappa shape index (κ3) is 4.45. The van der Waals surface area contributed by atoms with Gasteiger partial charge in [0.05, 0.1) is 19.3 Å². The Bertz CT molecular complexity index is 825. The minimum atomic E-state index is -0.325. The molecule has 144 valence electrons. The molecule has 0 spiro atoms. The average Bonchev–Trinajstić information content (AvgIpc) is 2.65. The summed E-state index contributed by atoms with van der Waals surface area (Å²) in [4.78, 5) is 14.2. The fraction of sp³-hybridized carbons (Fsp3) is 0.381. The molecule has 1 aliphatic heterocycles. The summed E-state index contributed by atoms with van der Waals surface area (Å²) in [5, 5.41) is 0. The lowest BCUT2D eigenvalue weighted by molar-refractivity contribution is -0.124. The minimum Gasteiger partial charge on any atom is -0.490 e. The number of benzene rings is 2. The number of nitrogens with zero attached hydrogens (tertiary/aromatic N) is 1. The van der Waals surface area contributed by atoms with Gasteiger partial charge in [-0.25, -0.2) is 0 Å². The lowest BCUT2D eigenvalue weighted by Gasteiger charge is -2.35. The molecule has 1 unspecified atom stereocenters. The number of primary amides is 1. The lowest BCUT2D eigenvalue weighted by atomic mass is 9.93. The van der Waals surface area contributed by atoms with Gasteiger partial charge in [0, 0.05) is 17.6 Å². The number of amides is 1. The standard InChI is InChI=1S/C21H25BrN2O3/c1-3-26-19-10-16(17(22)11-20(19)27-4-2)13-24-12-15-8-6-5-7-14(15)9-18(24)21(23)25/h5-8,10-11,18H,3-4,9,12-13H2,1-2H3,(H2,23,25). The van der Waals surface area contributed by atoms with E-state index in [0.29, 0.717) is 44.2 Å². The van der Waals surface area contributed by atoms with Crippen molar-refractivity contribution < 1.29 is 14.3 Å². The predicted octanol–water partition coefficient (Wildman–Crippen LogP) is 3.66. The third-order valence-corrected chi connectivity index (χ3v) is 5.50. The second kappa shape index (κ2) is 8.76. The molecule has 0 bridgehead atoms. The van der Waals surface area contributed by atoms with E-state index in [4.69, 9.17) is 15.2 Å². The number of carbonyl (C=O) groups excluding carboxylic acids is 1. The van der Waals surface area contributed by atoms with E-state index in [2.05, 4.69) is 33.0 Å². The molecule has 1 atom stereocenters. The van der Waals surface area contributed by atoms with Crippen LogP contribution < -0.4 is 15.2 Å². The van der Waals surface area contributed by atoms with E-state index in [0.717, 1.165) is 10.0 Å². The van der Waals surface area contributed by atoms with Crippen LogP contribution >= 0.6 is 15.9 Å². The van der Waals surface area contributed by atoms with Gasteiger partial charge in [0.25, 0.3) is 0 Å². The first-order valence-electron chi connectivity index (χ1n) is 9.21. The van der Waals surface area contributed by atoms with Gasteiger partial charge in [-0.15, -0.1) is 0 Å². The highest BCUT2D eigenvalue weighted by molar-refractivity contribution is 9.10. The summed E-state index contributed by atoms with van der Waals surface area (Å²) in [6, 6.07) is 11.8. The van der Waals surface area contributed by atoms with E-state index in [9.17, 15) is 4.79 Å². The van der Waals surface area contributed by atoms with Crippen LogP contribution in [0, 0.1) is 0 Å². The molecule has 3 rings (SSSR count). The first-order valence-corrected chi connectivity index (χ1v) is 10.0. The van der Waals surface area contributed by atoms with Crippen LogP contribution in [-0.2, 0) is 24.3 Å². The normalized spacial score (nSPS) is 16.6. The number of hydrogen-bond donors (Lipinski definition) is 1. The summed E-state index contributed by atoms with van der Waals surface area (Å²) >= 11 is 3.64. The van der Waals surface area contributed by atoms with Crippen molar-refractivity contribution in [1.29, 1.82) is 0 Å². The lowest BCUT2D eigenvalue weighted by Crippen LogP contribution is -2.48. The molecular formula is C21H25BrN2O3. The van der Waals surface area contributed by atoms with Crippen LogP contribution in [-0.4, -0.2) is 30.1 Å². The van der Waals surface area contributed by atoms with Crippen LogP contribution in [0.1, 0.15) is 30.5 Å². The summed E-state index contributed by atoms with van der Waals surface area (Å²) in [7, 11) is 0. The quantitative estimate of drug-likeness (QED) is 0.724. The topological polar surface area (TPSA) is 64.8 Å². The van der Waals surface area contributed by atoms with Gasteiger partial charge < -0.3 is 15.2 Å². The SMILES string of the molecule is CCOc1cc(Br)c(CN2Cc3ccccc3CC2C(N)=O)cc1OCC. The van der Waals surface area contributed by atoms with Gasteiger partial charge in [0.15, 0.2) is 11.5 Å². The number of hydrogen-bond acceptors (Lipinski definition) is 4. The number of rotatable bonds is 7. The molecule has 1 heterocycles. The number of halogens is 1. The van der Waals surface area contributed by atoms with Gasteiger partial charge in [0.1, 0.15) is 0 Å². The molecule has 0 aliphatic carbocycles. The van der Waals surface area contributed by atoms with Gasteiger partial charge in [-0.05, 0) is 49.1 Å². The Balaban J connectivity index is 1.90.